The number of hydrogen-bond donors (Lipinski definition) is 3. The zero-order valence-electron chi connectivity index (χ0n) is 10.5. The van der Waals surface area contributed by atoms with Crippen molar-refractivity contribution in [2.45, 2.75) is 0 Å². The van der Waals surface area contributed by atoms with E-state index in [0.29, 0.717) is 4.47 Å². The lowest BCUT2D eigenvalue weighted by Crippen LogP contribution is -2.16. The summed E-state index contributed by atoms with van der Waals surface area (Å²) in [5, 5.41) is 28.5. The number of phenolic OH excluding ortho intramolecular Hbond substituents is 1. The molecule has 0 saturated carbocycles. The lowest BCUT2D eigenvalue weighted by molar-refractivity contribution is 0.477. The third-order valence-electron chi connectivity index (χ3n) is 2.87. The van der Waals surface area contributed by atoms with Crippen LogP contribution in [0, 0.1) is 22.7 Å². The molecule has 0 aliphatic carbocycles. The van der Waals surface area contributed by atoms with Gasteiger partial charge in [0.1, 0.15) is 39.9 Å². The van der Waals surface area contributed by atoms with E-state index in [9.17, 15) is 20.4 Å². The Kier molecular flexibility index (Phi) is 4.34. The highest BCUT2D eigenvalue weighted by Crippen LogP contribution is 2.45. The molecule has 0 amide bonds. The second-order valence-electron chi connectivity index (χ2n) is 4.10. The molecule has 6 nitrogen and oxygen atoms in total. The molecule has 1 heterocycles. The highest BCUT2D eigenvalue weighted by Gasteiger charge is 2.23. The molecule has 0 fully saturated rings. The van der Waals surface area contributed by atoms with Crippen LogP contribution in [0.5, 0.6) is 5.75 Å². The van der Waals surface area contributed by atoms with Crippen molar-refractivity contribution in [2.75, 3.05) is 5.73 Å². The van der Waals surface area contributed by atoms with E-state index in [1.807, 2.05) is 0 Å². The van der Waals surface area contributed by atoms with Crippen LogP contribution in [0.15, 0.2) is 15.3 Å². The fourth-order valence-corrected chi connectivity index (χ4v) is 2.78. The number of pyridine rings is 1. The van der Waals surface area contributed by atoms with Gasteiger partial charge >= 0.3 is 0 Å². The first-order valence-electron chi connectivity index (χ1n) is 5.56. The van der Waals surface area contributed by atoms with E-state index >= 15 is 0 Å². The minimum absolute atomic E-state index is 0.00725. The zero-order chi connectivity index (χ0) is 16.6. The number of anilines is 1. The molecular weight excluding hydrogens is 395 g/mol. The molecule has 2 aromatic rings. The molecule has 22 heavy (non-hydrogen) atoms. The van der Waals surface area contributed by atoms with Crippen LogP contribution in [0.1, 0.15) is 11.1 Å². The van der Waals surface area contributed by atoms with Crippen molar-refractivity contribution < 1.29 is 5.11 Å². The Morgan fingerprint density at radius 3 is 2.36 bits per heavy atom. The largest absolute Gasteiger partial charge is 0.506 e. The molecule has 0 bridgehead atoms. The van der Waals surface area contributed by atoms with E-state index in [-0.39, 0.29) is 38.1 Å². The van der Waals surface area contributed by atoms with Gasteiger partial charge in [-0.3, -0.25) is 4.79 Å². The van der Waals surface area contributed by atoms with Gasteiger partial charge in [0.15, 0.2) is 0 Å². The maximum Gasteiger partial charge on any atom is 0.268 e. The van der Waals surface area contributed by atoms with Crippen LogP contribution in [0.2, 0.25) is 10.0 Å². The molecule has 0 saturated heterocycles. The summed E-state index contributed by atoms with van der Waals surface area (Å²) in [6.07, 6.45) is 0. The number of hydrogen-bond acceptors (Lipinski definition) is 5. The van der Waals surface area contributed by atoms with Crippen LogP contribution in [0.4, 0.5) is 5.82 Å². The maximum absolute atomic E-state index is 11.9. The average Bonchev–Trinajstić information content (AvgIpc) is 2.48. The van der Waals surface area contributed by atoms with Crippen molar-refractivity contribution in [1.82, 2.24) is 4.98 Å². The number of phenols is 1. The highest BCUT2D eigenvalue weighted by molar-refractivity contribution is 9.10. The van der Waals surface area contributed by atoms with Crippen molar-refractivity contribution in [1.29, 1.82) is 10.5 Å². The number of nitrogen functional groups attached to an aromatic ring is 1. The van der Waals surface area contributed by atoms with Gasteiger partial charge in [0.2, 0.25) is 0 Å². The van der Waals surface area contributed by atoms with Gasteiger partial charge in [-0.15, -0.1) is 0 Å². The summed E-state index contributed by atoms with van der Waals surface area (Å²) < 4.78 is 0.318. The van der Waals surface area contributed by atoms with Crippen LogP contribution < -0.4 is 11.3 Å². The Hall–Kier alpha value is -2.19. The van der Waals surface area contributed by atoms with Crippen LogP contribution in [0.25, 0.3) is 11.1 Å². The smallest absolute Gasteiger partial charge is 0.268 e. The fraction of sp³-hybridized carbons (Fsp3) is 0. The Morgan fingerprint density at radius 2 is 1.82 bits per heavy atom. The van der Waals surface area contributed by atoms with Gasteiger partial charge in [0.25, 0.3) is 5.56 Å². The number of nitrogens with two attached hydrogens (primary N) is 1. The lowest BCUT2D eigenvalue weighted by Gasteiger charge is -2.13. The van der Waals surface area contributed by atoms with Crippen LogP contribution in [-0.4, -0.2) is 10.1 Å². The first-order chi connectivity index (χ1) is 10.3. The standard InChI is InChI=1S/C13H5BrCl2N4O2/c14-7-1-4(11(21)10(16)9(7)15)8-5(2-17)12(19)20-13(22)6(8)3-18/h1,21H,(H3,19,20,22). The minimum atomic E-state index is -0.782. The minimum Gasteiger partial charge on any atom is -0.506 e. The number of nitrogens with one attached hydrogen (secondary N) is 1. The third kappa shape index (κ3) is 2.40. The van der Waals surface area contributed by atoms with Gasteiger partial charge in [-0.05, 0) is 22.0 Å². The van der Waals surface area contributed by atoms with Gasteiger partial charge in [0, 0.05) is 15.6 Å². The molecule has 0 spiro atoms. The quantitative estimate of drug-likeness (QED) is 0.634. The molecule has 0 radical (unpaired) electrons. The van der Waals surface area contributed by atoms with Crippen molar-refractivity contribution in [3.8, 4) is 29.0 Å². The van der Waals surface area contributed by atoms with E-state index in [1.165, 1.54) is 6.07 Å². The molecule has 0 aliphatic heterocycles. The summed E-state index contributed by atoms with van der Waals surface area (Å²) >= 11 is 15.0. The molecule has 0 atom stereocenters. The second kappa shape index (κ2) is 5.90. The first kappa shape index (κ1) is 16.2. The Balaban J connectivity index is 3.06. The lowest BCUT2D eigenvalue weighted by atomic mass is 9.96. The average molecular weight is 400 g/mol. The van der Waals surface area contributed by atoms with Gasteiger partial charge < -0.3 is 15.8 Å². The van der Waals surface area contributed by atoms with Gasteiger partial charge in [-0.25, -0.2) is 0 Å². The number of aromatic nitrogens is 1. The monoisotopic (exact) mass is 398 g/mol. The van der Waals surface area contributed by atoms with Crippen LogP contribution in [-0.2, 0) is 0 Å². The predicted octanol–water partition coefficient (Wildman–Crippen LogP) is 3.14. The van der Waals surface area contributed by atoms with E-state index in [1.54, 1.807) is 12.1 Å². The molecule has 0 aliphatic rings. The van der Waals surface area contributed by atoms with Crippen LogP contribution in [0.3, 0.4) is 0 Å². The number of nitriles is 2. The summed E-state index contributed by atoms with van der Waals surface area (Å²) in [5.74, 6) is -0.684. The van der Waals surface area contributed by atoms with Gasteiger partial charge in [0.05, 0.1) is 5.02 Å². The maximum atomic E-state index is 11.9. The number of nitrogens with zero attached hydrogens (tertiary/aromatic N) is 2. The molecule has 1 aromatic heterocycles. The van der Waals surface area contributed by atoms with E-state index < -0.39 is 11.3 Å². The number of halogens is 3. The molecule has 1 aromatic carbocycles. The van der Waals surface area contributed by atoms with Crippen molar-refractivity contribution >= 4 is 44.9 Å². The molecular formula is C13H5BrCl2N4O2. The summed E-state index contributed by atoms with van der Waals surface area (Å²) in [6, 6.07) is 4.84. The van der Waals surface area contributed by atoms with E-state index in [0.717, 1.165) is 0 Å². The molecule has 0 unspecified atom stereocenters. The topological polar surface area (TPSA) is 127 Å². The third-order valence-corrected chi connectivity index (χ3v) is 4.59. The molecule has 9 heteroatoms. The van der Waals surface area contributed by atoms with Crippen LogP contribution >= 0.6 is 39.1 Å². The molecule has 2 rings (SSSR count). The SMILES string of the molecule is N#Cc1c(N)[nH]c(=O)c(C#N)c1-c1cc(Br)c(Cl)c(Cl)c1O. The zero-order valence-corrected chi connectivity index (χ0v) is 13.6. The summed E-state index contributed by atoms with van der Waals surface area (Å²) in [7, 11) is 0. The molecule has 4 N–H and O–H groups in total. The van der Waals surface area contributed by atoms with Gasteiger partial charge in [-0.1, -0.05) is 23.2 Å². The first-order valence-corrected chi connectivity index (χ1v) is 7.11. The predicted molar refractivity (Wildman–Crippen MR) is 85.7 cm³/mol. The number of H-pyrrole nitrogens is 1. The Labute approximate surface area is 142 Å². The van der Waals surface area contributed by atoms with Gasteiger partial charge in [-0.2, -0.15) is 10.5 Å². The number of aromatic amines is 1. The number of aromatic hydroxyl groups is 1. The summed E-state index contributed by atoms with van der Waals surface area (Å²) in [4.78, 5) is 14.1. The fourth-order valence-electron chi connectivity index (χ4n) is 1.89. The normalized spacial score (nSPS) is 10.0. The van der Waals surface area contributed by atoms with Crippen molar-refractivity contribution in [3.63, 3.8) is 0 Å². The summed E-state index contributed by atoms with van der Waals surface area (Å²) in [5.41, 5.74) is 4.19. The van der Waals surface area contributed by atoms with Crippen molar-refractivity contribution in [2.24, 2.45) is 0 Å². The number of benzene rings is 1. The van der Waals surface area contributed by atoms with E-state index in [4.69, 9.17) is 28.9 Å². The summed E-state index contributed by atoms with van der Waals surface area (Å²) in [6.45, 7) is 0. The Bertz CT molecular complexity index is 941. The van der Waals surface area contributed by atoms with Crippen molar-refractivity contribution in [3.05, 3.63) is 42.1 Å². The highest BCUT2D eigenvalue weighted by atomic mass is 79.9. The Morgan fingerprint density at radius 1 is 1.23 bits per heavy atom. The number of rotatable bonds is 1. The second-order valence-corrected chi connectivity index (χ2v) is 5.71. The van der Waals surface area contributed by atoms with E-state index in [2.05, 4.69) is 20.9 Å². The molecule has 110 valence electrons.